The normalized spacial score (nSPS) is 37.9. The second-order valence-corrected chi connectivity index (χ2v) is 4.38. The van der Waals surface area contributed by atoms with Gasteiger partial charge in [0.25, 0.3) is 0 Å². The average Bonchev–Trinajstić information content (AvgIpc) is 2.07. The predicted octanol–water partition coefficient (Wildman–Crippen LogP) is -2.08. The standard InChI is InChI=1S/C6H13O8P/c7-2-5-3(8)1-4(9)6(13-5)14-15(10,11)12/h3-9H,1-2H2,(H2,10,11,12)/t3-,4+,5+,6+/m0/s1. The molecule has 1 saturated heterocycles. The van der Waals surface area contributed by atoms with Crippen LogP contribution in [0.4, 0.5) is 0 Å². The number of aliphatic hydroxyl groups excluding tert-OH is 3. The van der Waals surface area contributed by atoms with E-state index in [0.717, 1.165) is 0 Å². The minimum Gasteiger partial charge on any atom is -0.394 e. The van der Waals surface area contributed by atoms with Gasteiger partial charge in [-0.15, -0.1) is 0 Å². The Morgan fingerprint density at radius 1 is 1.33 bits per heavy atom. The van der Waals surface area contributed by atoms with Crippen molar-refractivity contribution in [3.8, 4) is 0 Å². The zero-order valence-electron chi connectivity index (χ0n) is 7.63. The van der Waals surface area contributed by atoms with Crippen molar-refractivity contribution in [2.45, 2.75) is 31.0 Å². The summed E-state index contributed by atoms with van der Waals surface area (Å²) in [4.78, 5) is 17.0. The molecule has 1 rings (SSSR count). The summed E-state index contributed by atoms with van der Waals surface area (Å²) in [6.07, 6.45) is -5.20. The van der Waals surface area contributed by atoms with Crippen LogP contribution in [-0.4, -0.2) is 56.3 Å². The summed E-state index contributed by atoms with van der Waals surface area (Å²) in [5, 5.41) is 27.3. The number of hydrogen-bond donors (Lipinski definition) is 5. The monoisotopic (exact) mass is 244 g/mol. The minimum absolute atomic E-state index is 0.185. The summed E-state index contributed by atoms with van der Waals surface area (Å²) in [6.45, 7) is -0.533. The van der Waals surface area contributed by atoms with Crippen LogP contribution in [0.1, 0.15) is 6.42 Å². The lowest BCUT2D eigenvalue weighted by atomic mass is 10.0. The van der Waals surface area contributed by atoms with Crippen LogP contribution in [0.25, 0.3) is 0 Å². The summed E-state index contributed by atoms with van der Waals surface area (Å²) >= 11 is 0. The van der Waals surface area contributed by atoms with E-state index in [4.69, 9.17) is 19.6 Å². The van der Waals surface area contributed by atoms with Gasteiger partial charge in [0.2, 0.25) is 0 Å². The van der Waals surface area contributed by atoms with E-state index in [1.54, 1.807) is 0 Å². The third-order valence-corrected chi connectivity index (χ3v) is 2.44. The third kappa shape index (κ3) is 3.78. The lowest BCUT2D eigenvalue weighted by molar-refractivity contribution is -0.244. The molecule has 9 heteroatoms. The fourth-order valence-corrected chi connectivity index (χ4v) is 1.72. The first-order valence-corrected chi connectivity index (χ1v) is 5.73. The Bertz CT molecular complexity index is 252. The molecule has 4 atom stereocenters. The van der Waals surface area contributed by atoms with Gasteiger partial charge < -0.3 is 29.8 Å². The lowest BCUT2D eigenvalue weighted by Crippen LogP contribution is -2.49. The van der Waals surface area contributed by atoms with Crippen molar-refractivity contribution in [2.75, 3.05) is 6.61 Å². The molecule has 1 fully saturated rings. The van der Waals surface area contributed by atoms with Crippen molar-refractivity contribution in [1.29, 1.82) is 0 Å². The number of ether oxygens (including phenoxy) is 1. The SMILES string of the molecule is O=P(O)(O)O[C@H]1O[C@H](CO)[C@@H](O)C[C@H]1O. The first-order chi connectivity index (χ1) is 6.83. The highest BCUT2D eigenvalue weighted by molar-refractivity contribution is 7.46. The molecular weight excluding hydrogens is 231 g/mol. The summed E-state index contributed by atoms with van der Waals surface area (Å²) in [5.41, 5.74) is 0. The molecule has 0 unspecified atom stereocenters. The summed E-state index contributed by atoms with van der Waals surface area (Å²) in [5.74, 6) is 0. The highest BCUT2D eigenvalue weighted by Crippen LogP contribution is 2.40. The van der Waals surface area contributed by atoms with Crippen molar-refractivity contribution in [2.24, 2.45) is 0 Å². The van der Waals surface area contributed by atoms with Gasteiger partial charge in [-0.2, -0.15) is 0 Å². The molecular formula is C6H13O8P. The smallest absolute Gasteiger partial charge is 0.394 e. The highest BCUT2D eigenvalue weighted by Gasteiger charge is 2.39. The first kappa shape index (κ1) is 13.0. The van der Waals surface area contributed by atoms with Crippen molar-refractivity contribution in [3.63, 3.8) is 0 Å². The maximum absolute atomic E-state index is 10.5. The topological polar surface area (TPSA) is 137 Å². The van der Waals surface area contributed by atoms with Crippen LogP contribution in [0.15, 0.2) is 0 Å². The van der Waals surface area contributed by atoms with E-state index in [-0.39, 0.29) is 6.42 Å². The van der Waals surface area contributed by atoms with Crippen LogP contribution in [0.5, 0.6) is 0 Å². The van der Waals surface area contributed by atoms with Gasteiger partial charge in [-0.25, -0.2) is 4.57 Å². The number of phosphoric ester groups is 1. The Morgan fingerprint density at radius 2 is 1.93 bits per heavy atom. The Hall–Kier alpha value is -0.0500. The zero-order chi connectivity index (χ0) is 11.6. The maximum atomic E-state index is 10.5. The molecule has 15 heavy (non-hydrogen) atoms. The number of hydrogen-bond acceptors (Lipinski definition) is 6. The Balaban J connectivity index is 2.61. The average molecular weight is 244 g/mol. The highest BCUT2D eigenvalue weighted by atomic mass is 31.2. The molecule has 90 valence electrons. The first-order valence-electron chi connectivity index (χ1n) is 4.20. The van der Waals surface area contributed by atoms with Gasteiger partial charge in [0, 0.05) is 6.42 Å². The summed E-state index contributed by atoms with van der Waals surface area (Å²) in [7, 11) is -4.78. The van der Waals surface area contributed by atoms with Crippen LogP contribution < -0.4 is 0 Å². The molecule has 1 heterocycles. The van der Waals surface area contributed by atoms with Gasteiger partial charge >= 0.3 is 7.82 Å². The quantitative estimate of drug-likeness (QED) is 0.357. The van der Waals surface area contributed by atoms with E-state index in [1.807, 2.05) is 0 Å². The molecule has 0 spiro atoms. The van der Waals surface area contributed by atoms with Crippen LogP contribution >= 0.6 is 7.82 Å². The molecule has 1 aliphatic rings. The van der Waals surface area contributed by atoms with Crippen LogP contribution in [0, 0.1) is 0 Å². The van der Waals surface area contributed by atoms with E-state index in [9.17, 15) is 14.8 Å². The fourth-order valence-electron chi connectivity index (χ4n) is 1.26. The minimum atomic E-state index is -4.78. The molecule has 0 aliphatic carbocycles. The van der Waals surface area contributed by atoms with E-state index < -0.39 is 39.0 Å². The van der Waals surface area contributed by atoms with Crippen molar-refractivity contribution < 1.29 is 38.9 Å². The summed E-state index contributed by atoms with van der Waals surface area (Å²) in [6, 6.07) is 0. The second kappa shape index (κ2) is 4.86. The van der Waals surface area contributed by atoms with Gasteiger partial charge in [-0.3, -0.25) is 4.52 Å². The van der Waals surface area contributed by atoms with Crippen LogP contribution in [0.2, 0.25) is 0 Å². The lowest BCUT2D eigenvalue weighted by Gasteiger charge is -2.35. The van der Waals surface area contributed by atoms with Gasteiger partial charge in [0.1, 0.15) is 12.2 Å². The molecule has 0 radical (unpaired) electrons. The third-order valence-electron chi connectivity index (χ3n) is 1.96. The van der Waals surface area contributed by atoms with Crippen molar-refractivity contribution >= 4 is 7.82 Å². The number of aliphatic hydroxyl groups is 3. The van der Waals surface area contributed by atoms with Gasteiger partial charge in [0.05, 0.1) is 12.7 Å². The maximum Gasteiger partial charge on any atom is 0.472 e. The molecule has 5 N–H and O–H groups in total. The Kier molecular flexibility index (Phi) is 4.21. The largest absolute Gasteiger partial charge is 0.472 e. The Morgan fingerprint density at radius 3 is 2.40 bits per heavy atom. The predicted molar refractivity (Wildman–Crippen MR) is 45.5 cm³/mol. The van der Waals surface area contributed by atoms with Crippen molar-refractivity contribution in [1.82, 2.24) is 0 Å². The molecule has 0 aromatic rings. The van der Waals surface area contributed by atoms with Crippen molar-refractivity contribution in [3.05, 3.63) is 0 Å². The Labute approximate surface area is 85.3 Å². The van der Waals surface area contributed by atoms with Crippen LogP contribution in [-0.2, 0) is 13.8 Å². The van der Waals surface area contributed by atoms with E-state index in [1.165, 1.54) is 0 Å². The molecule has 0 saturated carbocycles. The molecule has 1 aliphatic heterocycles. The molecule has 0 bridgehead atoms. The van der Waals surface area contributed by atoms with E-state index in [0.29, 0.717) is 0 Å². The van der Waals surface area contributed by atoms with Gasteiger partial charge in [0.15, 0.2) is 6.29 Å². The van der Waals surface area contributed by atoms with E-state index >= 15 is 0 Å². The number of rotatable bonds is 3. The second-order valence-electron chi connectivity index (χ2n) is 3.19. The molecule has 8 nitrogen and oxygen atoms in total. The molecule has 0 aromatic heterocycles. The summed E-state index contributed by atoms with van der Waals surface area (Å²) < 4.78 is 19.4. The van der Waals surface area contributed by atoms with Gasteiger partial charge in [-0.05, 0) is 0 Å². The number of phosphoric acid groups is 1. The molecule has 0 aromatic carbocycles. The fraction of sp³-hybridized carbons (Fsp3) is 1.00. The molecule has 0 amide bonds. The van der Waals surface area contributed by atoms with Crippen LogP contribution in [0.3, 0.4) is 0 Å². The van der Waals surface area contributed by atoms with Gasteiger partial charge in [-0.1, -0.05) is 0 Å². The zero-order valence-corrected chi connectivity index (χ0v) is 8.53. The van der Waals surface area contributed by atoms with E-state index in [2.05, 4.69) is 4.52 Å².